The molecule has 8 nitrogen and oxygen atoms in total. The van der Waals surface area contributed by atoms with Gasteiger partial charge in [-0.1, -0.05) is 17.7 Å². The molecule has 0 aliphatic carbocycles. The topological polar surface area (TPSA) is 102 Å². The zero-order valence-electron chi connectivity index (χ0n) is 18.1. The van der Waals surface area contributed by atoms with Gasteiger partial charge < -0.3 is 14.8 Å². The molecule has 1 fully saturated rings. The molecule has 1 aliphatic rings. The number of benzene rings is 2. The largest absolute Gasteiger partial charge is 0.452 e. The van der Waals surface area contributed by atoms with Gasteiger partial charge in [-0.2, -0.15) is 4.31 Å². The Balaban J connectivity index is 1.70. The Hall–Kier alpha value is -2.82. The molecular formula is C22H25FN2O6S. The summed E-state index contributed by atoms with van der Waals surface area (Å²) in [4.78, 5) is 24.4. The number of aryl methyl sites for hydroxylation is 3. The van der Waals surface area contributed by atoms with E-state index in [-0.39, 0.29) is 31.2 Å². The van der Waals surface area contributed by atoms with Crippen molar-refractivity contribution < 1.29 is 31.9 Å². The molecule has 1 amide bonds. The second-order valence-corrected chi connectivity index (χ2v) is 9.49. The standard InChI is InChI=1S/C22H25FN2O6S/c1-14-10-15(2)21(16(3)11-14)24-20(26)13-31-22(27)18-12-17(4-5-19(18)23)32(28,29)25-6-8-30-9-7-25/h4-5,10-12H,6-9,13H2,1-3H3,(H,24,26). The number of carbonyl (C=O) groups is 2. The van der Waals surface area contributed by atoms with Crippen LogP contribution in [0.15, 0.2) is 35.2 Å². The lowest BCUT2D eigenvalue weighted by Gasteiger charge is -2.26. The number of sulfonamides is 1. The minimum absolute atomic E-state index is 0.164. The molecule has 0 atom stereocenters. The molecule has 10 heteroatoms. The molecule has 172 valence electrons. The SMILES string of the molecule is Cc1cc(C)c(NC(=O)COC(=O)c2cc(S(=O)(=O)N3CCOCC3)ccc2F)c(C)c1. The van der Waals surface area contributed by atoms with Gasteiger partial charge in [0.15, 0.2) is 6.61 Å². The van der Waals surface area contributed by atoms with Gasteiger partial charge in [0.05, 0.1) is 23.7 Å². The highest BCUT2D eigenvalue weighted by Gasteiger charge is 2.28. The first kappa shape index (κ1) is 23.8. The monoisotopic (exact) mass is 464 g/mol. The average molecular weight is 465 g/mol. The van der Waals surface area contributed by atoms with Gasteiger partial charge in [-0.15, -0.1) is 0 Å². The van der Waals surface area contributed by atoms with Crippen molar-refractivity contribution in [1.29, 1.82) is 0 Å². The first-order valence-corrected chi connectivity index (χ1v) is 11.5. The van der Waals surface area contributed by atoms with Crippen molar-refractivity contribution in [3.8, 4) is 0 Å². The van der Waals surface area contributed by atoms with Crippen LogP contribution in [-0.4, -0.2) is 57.5 Å². The summed E-state index contributed by atoms with van der Waals surface area (Å²) >= 11 is 0. The molecule has 1 N–H and O–H groups in total. The van der Waals surface area contributed by atoms with Gasteiger partial charge in [0.1, 0.15) is 5.82 Å². The quantitative estimate of drug-likeness (QED) is 0.660. The lowest BCUT2D eigenvalue weighted by molar-refractivity contribution is -0.119. The number of carbonyl (C=O) groups excluding carboxylic acids is 2. The van der Waals surface area contributed by atoms with E-state index in [1.807, 2.05) is 32.9 Å². The molecule has 0 aromatic heterocycles. The minimum Gasteiger partial charge on any atom is -0.452 e. The van der Waals surface area contributed by atoms with E-state index in [2.05, 4.69) is 5.32 Å². The summed E-state index contributed by atoms with van der Waals surface area (Å²) in [7, 11) is -3.92. The van der Waals surface area contributed by atoms with Gasteiger partial charge in [-0.3, -0.25) is 4.79 Å². The van der Waals surface area contributed by atoms with E-state index in [1.165, 1.54) is 4.31 Å². The molecular weight excluding hydrogens is 439 g/mol. The van der Waals surface area contributed by atoms with Crippen LogP contribution in [0.25, 0.3) is 0 Å². The van der Waals surface area contributed by atoms with Gasteiger partial charge >= 0.3 is 5.97 Å². The van der Waals surface area contributed by atoms with Crippen LogP contribution in [0, 0.1) is 26.6 Å². The Morgan fingerprint density at radius 1 is 1.09 bits per heavy atom. The van der Waals surface area contributed by atoms with Gasteiger partial charge in [-0.25, -0.2) is 17.6 Å². The third kappa shape index (κ3) is 5.32. The van der Waals surface area contributed by atoms with Crippen LogP contribution in [-0.2, 0) is 24.3 Å². The van der Waals surface area contributed by atoms with Crippen LogP contribution in [0.3, 0.4) is 0 Å². The zero-order chi connectivity index (χ0) is 23.5. The van der Waals surface area contributed by atoms with Crippen molar-refractivity contribution in [3.63, 3.8) is 0 Å². The van der Waals surface area contributed by atoms with Crippen molar-refractivity contribution >= 4 is 27.6 Å². The number of ether oxygens (including phenoxy) is 2. The van der Waals surface area contributed by atoms with E-state index in [1.54, 1.807) is 0 Å². The number of amides is 1. The van der Waals surface area contributed by atoms with Gasteiger partial charge in [-0.05, 0) is 50.1 Å². The predicted octanol–water partition coefficient (Wildman–Crippen LogP) is 2.57. The zero-order valence-corrected chi connectivity index (χ0v) is 18.9. The fourth-order valence-electron chi connectivity index (χ4n) is 3.52. The fraction of sp³-hybridized carbons (Fsp3) is 0.364. The molecule has 0 spiro atoms. The molecule has 1 heterocycles. The average Bonchev–Trinajstić information content (AvgIpc) is 2.75. The van der Waals surface area contributed by atoms with Gasteiger partial charge in [0, 0.05) is 18.8 Å². The number of esters is 1. The van der Waals surface area contributed by atoms with E-state index >= 15 is 0 Å². The number of morpholine rings is 1. The van der Waals surface area contributed by atoms with E-state index in [0.717, 1.165) is 34.9 Å². The number of halogens is 1. The highest BCUT2D eigenvalue weighted by molar-refractivity contribution is 7.89. The van der Waals surface area contributed by atoms with Crippen LogP contribution >= 0.6 is 0 Å². The molecule has 0 saturated carbocycles. The Morgan fingerprint density at radius 3 is 2.34 bits per heavy atom. The van der Waals surface area contributed by atoms with Crippen LogP contribution in [0.2, 0.25) is 0 Å². The Kier molecular flexibility index (Phi) is 7.27. The van der Waals surface area contributed by atoms with Crippen molar-refractivity contribution in [2.45, 2.75) is 25.7 Å². The molecule has 2 aromatic carbocycles. The Bertz CT molecular complexity index is 1120. The number of nitrogens with zero attached hydrogens (tertiary/aromatic N) is 1. The maximum Gasteiger partial charge on any atom is 0.341 e. The van der Waals surface area contributed by atoms with Crippen LogP contribution < -0.4 is 5.32 Å². The molecule has 3 rings (SSSR count). The van der Waals surface area contributed by atoms with Gasteiger partial charge in [0.25, 0.3) is 5.91 Å². The van der Waals surface area contributed by atoms with Crippen LogP contribution in [0.5, 0.6) is 0 Å². The number of anilines is 1. The number of rotatable bonds is 6. The highest BCUT2D eigenvalue weighted by atomic mass is 32.2. The highest BCUT2D eigenvalue weighted by Crippen LogP contribution is 2.23. The lowest BCUT2D eigenvalue weighted by atomic mass is 10.1. The van der Waals surface area contributed by atoms with Crippen molar-refractivity contribution in [1.82, 2.24) is 4.31 Å². The predicted molar refractivity (Wildman–Crippen MR) is 116 cm³/mol. The molecule has 1 aliphatic heterocycles. The summed E-state index contributed by atoms with van der Waals surface area (Å²) in [5.74, 6) is -2.67. The molecule has 0 radical (unpaired) electrons. The number of hydrogen-bond acceptors (Lipinski definition) is 6. The summed E-state index contributed by atoms with van der Waals surface area (Å²) in [5.41, 5.74) is 2.81. The minimum atomic E-state index is -3.92. The van der Waals surface area contributed by atoms with Gasteiger partial charge in [0.2, 0.25) is 10.0 Å². The summed E-state index contributed by atoms with van der Waals surface area (Å²) in [6.07, 6.45) is 0. The Labute approximate surface area is 186 Å². The van der Waals surface area contributed by atoms with E-state index in [9.17, 15) is 22.4 Å². The molecule has 32 heavy (non-hydrogen) atoms. The van der Waals surface area contributed by atoms with Crippen molar-refractivity contribution in [2.24, 2.45) is 0 Å². The summed E-state index contributed by atoms with van der Waals surface area (Å²) in [6, 6.07) is 6.72. The van der Waals surface area contributed by atoms with Crippen molar-refractivity contribution in [2.75, 3.05) is 38.2 Å². The van der Waals surface area contributed by atoms with Crippen LogP contribution in [0.1, 0.15) is 27.0 Å². The molecule has 0 bridgehead atoms. The summed E-state index contributed by atoms with van der Waals surface area (Å²) in [5, 5.41) is 2.68. The Morgan fingerprint density at radius 2 is 1.72 bits per heavy atom. The lowest BCUT2D eigenvalue weighted by Crippen LogP contribution is -2.40. The number of nitrogens with one attached hydrogen (secondary N) is 1. The second-order valence-electron chi connectivity index (χ2n) is 7.56. The van der Waals surface area contributed by atoms with Crippen LogP contribution in [0.4, 0.5) is 10.1 Å². The van der Waals surface area contributed by atoms with Crippen molar-refractivity contribution in [3.05, 3.63) is 58.4 Å². The first-order chi connectivity index (χ1) is 15.1. The summed E-state index contributed by atoms with van der Waals surface area (Å²) < 4.78 is 51.1. The third-order valence-electron chi connectivity index (χ3n) is 5.04. The van der Waals surface area contributed by atoms with E-state index < -0.39 is 39.9 Å². The third-order valence-corrected chi connectivity index (χ3v) is 6.94. The molecule has 2 aromatic rings. The smallest absolute Gasteiger partial charge is 0.341 e. The van der Waals surface area contributed by atoms with E-state index in [4.69, 9.17) is 9.47 Å². The maximum atomic E-state index is 14.2. The fourth-order valence-corrected chi connectivity index (χ4v) is 4.95. The summed E-state index contributed by atoms with van der Waals surface area (Å²) in [6.45, 7) is 5.82. The molecule has 0 unspecified atom stereocenters. The normalized spacial score (nSPS) is 14.8. The first-order valence-electron chi connectivity index (χ1n) is 10.0. The number of hydrogen-bond donors (Lipinski definition) is 1. The second kappa shape index (κ2) is 9.76. The maximum absolute atomic E-state index is 14.2. The molecule has 1 saturated heterocycles. The van der Waals surface area contributed by atoms with E-state index in [0.29, 0.717) is 5.69 Å².